The van der Waals surface area contributed by atoms with Crippen LogP contribution in [-0.2, 0) is 4.79 Å². The van der Waals surface area contributed by atoms with E-state index in [0.29, 0.717) is 0 Å². The first-order valence-corrected chi connectivity index (χ1v) is 2.66. The summed E-state index contributed by atoms with van der Waals surface area (Å²) in [5, 5.41) is 8.58. The molecule has 10 heavy (non-hydrogen) atoms. The highest BCUT2D eigenvalue weighted by atomic mass is 35.5. The summed E-state index contributed by atoms with van der Waals surface area (Å²) in [6, 6.07) is 0. The molecule has 0 unspecified atom stereocenters. The quantitative estimate of drug-likeness (QED) is 0.293. The molecule has 0 aliphatic heterocycles. The molecule has 1 amide bonds. The minimum atomic E-state index is -0.769. The van der Waals surface area contributed by atoms with Gasteiger partial charge in [-0.15, -0.1) is 12.4 Å². The molecule has 0 aromatic heterocycles. The van der Waals surface area contributed by atoms with E-state index in [4.69, 9.17) is 10.9 Å². The Bertz CT molecular complexity index is 116. The number of carbonyl (C=O) groups is 1. The van der Waals surface area contributed by atoms with Crippen LogP contribution in [0.3, 0.4) is 0 Å². The fraction of sp³-hybridized carbons (Fsp3) is 0.800. The number of hydrazine groups is 1. The Kier molecular flexibility index (Phi) is 5.55. The number of nitrogens with one attached hydrogen (secondary N) is 1. The van der Waals surface area contributed by atoms with E-state index in [2.05, 4.69) is 0 Å². The van der Waals surface area contributed by atoms with Crippen molar-refractivity contribution in [2.24, 2.45) is 11.3 Å². The van der Waals surface area contributed by atoms with E-state index in [1.807, 2.05) is 5.43 Å². The van der Waals surface area contributed by atoms with Crippen molar-refractivity contribution in [3.63, 3.8) is 0 Å². The first-order chi connectivity index (χ1) is 4.04. The molecule has 0 rings (SSSR count). The van der Waals surface area contributed by atoms with E-state index >= 15 is 0 Å². The number of aliphatic hydroxyl groups excluding tert-OH is 1. The third-order valence-corrected chi connectivity index (χ3v) is 1.14. The Labute approximate surface area is 66.2 Å². The van der Waals surface area contributed by atoms with Crippen LogP contribution in [0.15, 0.2) is 0 Å². The second kappa shape index (κ2) is 4.49. The molecule has 4 N–H and O–H groups in total. The van der Waals surface area contributed by atoms with Crippen LogP contribution in [0.5, 0.6) is 0 Å². The van der Waals surface area contributed by atoms with E-state index in [1.54, 1.807) is 13.8 Å². The second-order valence-corrected chi connectivity index (χ2v) is 2.52. The predicted octanol–water partition coefficient (Wildman–Crippen LogP) is -0.583. The van der Waals surface area contributed by atoms with Crippen LogP contribution in [0.2, 0.25) is 0 Å². The van der Waals surface area contributed by atoms with Gasteiger partial charge >= 0.3 is 0 Å². The predicted molar refractivity (Wildman–Crippen MR) is 40.4 cm³/mol. The van der Waals surface area contributed by atoms with Crippen molar-refractivity contribution in [3.05, 3.63) is 0 Å². The zero-order valence-electron chi connectivity index (χ0n) is 6.05. The zero-order chi connectivity index (χ0) is 7.49. The van der Waals surface area contributed by atoms with Gasteiger partial charge in [0.25, 0.3) is 0 Å². The monoisotopic (exact) mass is 168 g/mol. The molecule has 0 saturated carbocycles. The van der Waals surface area contributed by atoms with Crippen LogP contribution in [0.1, 0.15) is 13.8 Å². The van der Waals surface area contributed by atoms with Crippen molar-refractivity contribution in [3.8, 4) is 0 Å². The number of hydrogen-bond acceptors (Lipinski definition) is 3. The topological polar surface area (TPSA) is 75.3 Å². The van der Waals surface area contributed by atoms with Crippen molar-refractivity contribution in [1.82, 2.24) is 5.43 Å². The van der Waals surface area contributed by atoms with Crippen LogP contribution in [-0.4, -0.2) is 17.6 Å². The number of aliphatic hydroxyl groups is 1. The normalized spacial score (nSPS) is 10.0. The van der Waals surface area contributed by atoms with Gasteiger partial charge in [-0.3, -0.25) is 10.2 Å². The Morgan fingerprint density at radius 1 is 1.70 bits per heavy atom. The van der Waals surface area contributed by atoms with E-state index < -0.39 is 5.41 Å². The first-order valence-electron chi connectivity index (χ1n) is 2.66. The van der Waals surface area contributed by atoms with E-state index in [0.717, 1.165) is 0 Å². The summed E-state index contributed by atoms with van der Waals surface area (Å²) in [5.74, 6) is 4.47. The fourth-order valence-corrected chi connectivity index (χ4v) is 0.267. The van der Waals surface area contributed by atoms with Gasteiger partial charge in [0.15, 0.2) is 0 Å². The molecular weight excluding hydrogens is 156 g/mol. The minimum Gasteiger partial charge on any atom is -0.395 e. The summed E-state index contributed by atoms with van der Waals surface area (Å²) in [6.45, 7) is 3.01. The molecular formula is C5H13ClN2O2. The minimum absolute atomic E-state index is 0. The third kappa shape index (κ3) is 3.00. The highest BCUT2D eigenvalue weighted by Crippen LogP contribution is 2.11. The number of carbonyl (C=O) groups excluding carboxylic acids is 1. The molecule has 5 heteroatoms. The van der Waals surface area contributed by atoms with Gasteiger partial charge in [-0.05, 0) is 13.8 Å². The molecule has 0 radical (unpaired) electrons. The Hall–Kier alpha value is -0.320. The van der Waals surface area contributed by atoms with Crippen molar-refractivity contribution in [1.29, 1.82) is 0 Å². The zero-order valence-corrected chi connectivity index (χ0v) is 6.86. The highest BCUT2D eigenvalue weighted by Gasteiger charge is 2.25. The molecule has 0 aliphatic carbocycles. The standard InChI is InChI=1S/C5H12N2O2.ClH/c1-5(2,3-8)4(9)7-6;/h8H,3,6H2,1-2H3,(H,7,9);1H. The van der Waals surface area contributed by atoms with Crippen molar-refractivity contribution in [2.45, 2.75) is 13.8 Å². The average Bonchev–Trinajstić information content (AvgIpc) is 1.86. The van der Waals surface area contributed by atoms with Crippen LogP contribution < -0.4 is 11.3 Å². The first kappa shape index (κ1) is 12.4. The lowest BCUT2D eigenvalue weighted by molar-refractivity contribution is -0.131. The molecule has 0 aromatic carbocycles. The lowest BCUT2D eigenvalue weighted by Gasteiger charge is -2.17. The summed E-state index contributed by atoms with van der Waals surface area (Å²) in [5.41, 5.74) is 1.19. The summed E-state index contributed by atoms with van der Waals surface area (Å²) < 4.78 is 0. The molecule has 0 fully saturated rings. The Balaban J connectivity index is 0. The van der Waals surface area contributed by atoms with Gasteiger partial charge in [0.05, 0.1) is 12.0 Å². The third-order valence-electron chi connectivity index (χ3n) is 1.14. The molecule has 0 aliphatic rings. The molecule has 0 bridgehead atoms. The van der Waals surface area contributed by atoms with E-state index in [-0.39, 0.29) is 24.9 Å². The molecule has 0 spiro atoms. The van der Waals surface area contributed by atoms with Crippen LogP contribution >= 0.6 is 12.4 Å². The van der Waals surface area contributed by atoms with Gasteiger partial charge in [0.2, 0.25) is 5.91 Å². The van der Waals surface area contributed by atoms with E-state index in [9.17, 15) is 4.79 Å². The average molecular weight is 169 g/mol. The Morgan fingerprint density at radius 3 is 2.20 bits per heavy atom. The van der Waals surface area contributed by atoms with Crippen LogP contribution in [0.4, 0.5) is 0 Å². The maximum absolute atomic E-state index is 10.7. The maximum atomic E-state index is 10.7. The number of amides is 1. The second-order valence-electron chi connectivity index (χ2n) is 2.52. The lowest BCUT2D eigenvalue weighted by Crippen LogP contribution is -2.42. The molecule has 0 atom stereocenters. The van der Waals surface area contributed by atoms with E-state index in [1.165, 1.54) is 0 Å². The van der Waals surface area contributed by atoms with Gasteiger partial charge in [0.1, 0.15) is 0 Å². The molecule has 62 valence electrons. The largest absolute Gasteiger partial charge is 0.395 e. The lowest BCUT2D eigenvalue weighted by atomic mass is 9.94. The van der Waals surface area contributed by atoms with Crippen LogP contribution in [0, 0.1) is 5.41 Å². The van der Waals surface area contributed by atoms with Gasteiger partial charge in [-0.2, -0.15) is 0 Å². The number of nitrogens with two attached hydrogens (primary N) is 1. The number of rotatable bonds is 2. The molecule has 0 heterocycles. The van der Waals surface area contributed by atoms with Crippen LogP contribution in [0.25, 0.3) is 0 Å². The van der Waals surface area contributed by atoms with Gasteiger partial charge < -0.3 is 5.11 Å². The van der Waals surface area contributed by atoms with Crippen molar-refractivity contribution in [2.75, 3.05) is 6.61 Å². The summed E-state index contributed by atoms with van der Waals surface area (Å²) in [4.78, 5) is 10.7. The van der Waals surface area contributed by atoms with Crippen molar-refractivity contribution >= 4 is 18.3 Å². The number of hydrogen-bond donors (Lipinski definition) is 3. The fourth-order valence-electron chi connectivity index (χ4n) is 0.267. The SMILES string of the molecule is CC(C)(CO)C(=O)NN.Cl. The maximum Gasteiger partial charge on any atom is 0.241 e. The molecule has 0 saturated heterocycles. The number of halogens is 1. The smallest absolute Gasteiger partial charge is 0.241 e. The molecule has 4 nitrogen and oxygen atoms in total. The highest BCUT2D eigenvalue weighted by molar-refractivity contribution is 5.85. The summed E-state index contributed by atoms with van der Waals surface area (Å²) in [6.07, 6.45) is 0. The van der Waals surface area contributed by atoms with Gasteiger partial charge in [0, 0.05) is 0 Å². The van der Waals surface area contributed by atoms with Crippen molar-refractivity contribution < 1.29 is 9.90 Å². The van der Waals surface area contributed by atoms with Gasteiger partial charge in [-0.25, -0.2) is 5.84 Å². The molecule has 0 aromatic rings. The van der Waals surface area contributed by atoms with Gasteiger partial charge in [-0.1, -0.05) is 0 Å². The Morgan fingerprint density at radius 2 is 2.10 bits per heavy atom. The summed E-state index contributed by atoms with van der Waals surface area (Å²) >= 11 is 0. The summed E-state index contributed by atoms with van der Waals surface area (Å²) in [7, 11) is 0.